The van der Waals surface area contributed by atoms with E-state index in [1.807, 2.05) is 0 Å². The maximum absolute atomic E-state index is 12.3. The molecule has 0 atom stereocenters. The topological polar surface area (TPSA) is 54.1 Å². The van der Waals surface area contributed by atoms with Crippen LogP contribution in [0.25, 0.3) is 10.9 Å². The summed E-state index contributed by atoms with van der Waals surface area (Å²) in [6.07, 6.45) is 0.532. The van der Waals surface area contributed by atoms with Crippen molar-refractivity contribution in [3.63, 3.8) is 0 Å². The number of benzene rings is 2. The summed E-state index contributed by atoms with van der Waals surface area (Å²) in [5.74, 6) is -0.240. The number of aromatic nitrogens is 1. The quantitative estimate of drug-likeness (QED) is 0.610. The molecular weight excluding hydrogens is 385 g/mol. The Bertz CT molecular complexity index is 927. The minimum atomic E-state index is -2.85. The standard InChI is InChI=1S/C18H14Cl2F2N2O2/c19-11-3-6-14-13(9-11)15(20)16(24-14)17(25)23-8-7-10-1-4-12(5-2-10)26-18(21)22/h1-6,9,18,24H,7-8H2,(H,23,25). The second-order valence-electron chi connectivity index (χ2n) is 5.53. The van der Waals surface area contributed by atoms with Gasteiger partial charge in [-0.1, -0.05) is 35.3 Å². The van der Waals surface area contributed by atoms with Gasteiger partial charge in [0.25, 0.3) is 5.91 Å². The van der Waals surface area contributed by atoms with Crippen molar-refractivity contribution < 1.29 is 18.3 Å². The molecule has 0 aliphatic heterocycles. The molecule has 3 aromatic rings. The summed E-state index contributed by atoms with van der Waals surface area (Å²) in [6, 6.07) is 11.4. The lowest BCUT2D eigenvalue weighted by Gasteiger charge is -2.07. The first-order valence-electron chi connectivity index (χ1n) is 7.72. The van der Waals surface area contributed by atoms with Crippen molar-refractivity contribution in [2.24, 2.45) is 0 Å². The second kappa shape index (κ2) is 7.93. The molecule has 0 unspecified atom stereocenters. The highest BCUT2D eigenvalue weighted by Crippen LogP contribution is 2.29. The molecule has 0 saturated carbocycles. The summed E-state index contributed by atoms with van der Waals surface area (Å²) in [5.41, 5.74) is 1.87. The predicted molar refractivity (Wildman–Crippen MR) is 97.4 cm³/mol. The van der Waals surface area contributed by atoms with E-state index in [1.54, 1.807) is 30.3 Å². The Hall–Kier alpha value is -2.31. The van der Waals surface area contributed by atoms with E-state index in [9.17, 15) is 13.6 Å². The van der Waals surface area contributed by atoms with Gasteiger partial charge in [0.15, 0.2) is 0 Å². The zero-order chi connectivity index (χ0) is 18.7. The molecule has 0 saturated heterocycles. The molecule has 1 heterocycles. The predicted octanol–water partition coefficient (Wildman–Crippen LogP) is 5.05. The lowest BCUT2D eigenvalue weighted by atomic mass is 10.1. The molecule has 2 N–H and O–H groups in total. The van der Waals surface area contributed by atoms with E-state index in [-0.39, 0.29) is 17.4 Å². The van der Waals surface area contributed by atoms with Crippen molar-refractivity contribution in [2.45, 2.75) is 13.0 Å². The SMILES string of the molecule is O=C(NCCc1ccc(OC(F)F)cc1)c1[nH]c2ccc(Cl)cc2c1Cl. The van der Waals surface area contributed by atoms with Gasteiger partial charge in [-0.2, -0.15) is 8.78 Å². The first-order chi connectivity index (χ1) is 12.4. The lowest BCUT2D eigenvalue weighted by Crippen LogP contribution is -2.26. The molecule has 26 heavy (non-hydrogen) atoms. The van der Waals surface area contributed by atoms with E-state index in [0.717, 1.165) is 11.1 Å². The Morgan fingerprint density at radius 2 is 1.88 bits per heavy atom. The van der Waals surface area contributed by atoms with E-state index < -0.39 is 6.61 Å². The fourth-order valence-corrected chi connectivity index (χ4v) is 3.00. The van der Waals surface area contributed by atoms with Crippen LogP contribution in [0.1, 0.15) is 16.1 Å². The highest BCUT2D eigenvalue weighted by atomic mass is 35.5. The van der Waals surface area contributed by atoms with Crippen LogP contribution < -0.4 is 10.1 Å². The molecule has 2 aromatic carbocycles. The summed E-state index contributed by atoms with van der Waals surface area (Å²) >= 11 is 12.2. The fourth-order valence-electron chi connectivity index (χ4n) is 2.53. The van der Waals surface area contributed by atoms with Crippen LogP contribution in [0.2, 0.25) is 10.0 Å². The Morgan fingerprint density at radius 1 is 1.15 bits per heavy atom. The largest absolute Gasteiger partial charge is 0.435 e. The number of hydrogen-bond donors (Lipinski definition) is 2. The Morgan fingerprint density at radius 3 is 2.58 bits per heavy atom. The third-order valence-corrected chi connectivity index (χ3v) is 4.40. The van der Waals surface area contributed by atoms with Crippen molar-refractivity contribution in [3.05, 3.63) is 63.8 Å². The van der Waals surface area contributed by atoms with Gasteiger partial charge < -0.3 is 15.0 Å². The zero-order valence-electron chi connectivity index (χ0n) is 13.4. The fraction of sp³-hybridized carbons (Fsp3) is 0.167. The third-order valence-electron chi connectivity index (χ3n) is 3.77. The first kappa shape index (κ1) is 18.5. The number of amides is 1. The van der Waals surface area contributed by atoms with Crippen molar-refractivity contribution in [3.8, 4) is 5.75 Å². The summed E-state index contributed by atoms with van der Waals surface area (Å²) < 4.78 is 28.5. The summed E-state index contributed by atoms with van der Waals surface area (Å²) in [5, 5.41) is 4.30. The summed E-state index contributed by atoms with van der Waals surface area (Å²) in [6.45, 7) is -2.49. The monoisotopic (exact) mass is 398 g/mol. The van der Waals surface area contributed by atoms with Crippen molar-refractivity contribution in [1.29, 1.82) is 0 Å². The third kappa shape index (κ3) is 4.26. The highest BCUT2D eigenvalue weighted by molar-refractivity contribution is 6.39. The average molecular weight is 399 g/mol. The highest BCUT2D eigenvalue weighted by Gasteiger charge is 2.16. The first-order valence-corrected chi connectivity index (χ1v) is 8.48. The van der Waals surface area contributed by atoms with Crippen LogP contribution in [0.3, 0.4) is 0 Å². The molecule has 0 spiro atoms. The summed E-state index contributed by atoms with van der Waals surface area (Å²) in [7, 11) is 0. The molecule has 0 aliphatic carbocycles. The van der Waals surface area contributed by atoms with Crippen molar-refractivity contribution in [1.82, 2.24) is 10.3 Å². The Balaban J connectivity index is 1.60. The van der Waals surface area contributed by atoms with Gasteiger partial charge in [0.1, 0.15) is 11.4 Å². The maximum Gasteiger partial charge on any atom is 0.387 e. The van der Waals surface area contributed by atoms with Crippen LogP contribution >= 0.6 is 23.2 Å². The number of nitrogens with one attached hydrogen (secondary N) is 2. The number of aromatic amines is 1. The molecule has 1 amide bonds. The van der Waals surface area contributed by atoms with Crippen LogP contribution in [0.4, 0.5) is 8.78 Å². The van der Waals surface area contributed by atoms with E-state index in [2.05, 4.69) is 15.0 Å². The van der Waals surface area contributed by atoms with E-state index in [1.165, 1.54) is 12.1 Å². The number of ether oxygens (including phenoxy) is 1. The molecule has 8 heteroatoms. The number of carbonyl (C=O) groups excluding carboxylic acids is 1. The maximum atomic E-state index is 12.3. The number of fused-ring (bicyclic) bond motifs is 1. The average Bonchev–Trinajstić information content (AvgIpc) is 2.92. The molecule has 0 bridgehead atoms. The molecule has 0 radical (unpaired) electrons. The van der Waals surface area contributed by atoms with Gasteiger partial charge in [-0.3, -0.25) is 4.79 Å². The van der Waals surface area contributed by atoms with E-state index in [4.69, 9.17) is 23.2 Å². The van der Waals surface area contributed by atoms with Gasteiger partial charge >= 0.3 is 6.61 Å². The minimum absolute atomic E-state index is 0.0938. The van der Waals surface area contributed by atoms with Gasteiger partial charge in [0, 0.05) is 22.5 Å². The van der Waals surface area contributed by atoms with Gasteiger partial charge in [-0.05, 0) is 42.3 Å². The normalized spacial score (nSPS) is 11.1. The number of H-pyrrole nitrogens is 1. The van der Waals surface area contributed by atoms with Gasteiger partial charge in [0.2, 0.25) is 0 Å². The molecule has 4 nitrogen and oxygen atoms in total. The van der Waals surface area contributed by atoms with Crippen LogP contribution in [-0.4, -0.2) is 24.0 Å². The van der Waals surface area contributed by atoms with E-state index >= 15 is 0 Å². The smallest absolute Gasteiger partial charge is 0.387 e. The van der Waals surface area contributed by atoms with Crippen molar-refractivity contribution >= 4 is 40.0 Å². The van der Waals surface area contributed by atoms with Crippen LogP contribution in [0.5, 0.6) is 5.75 Å². The Kier molecular flexibility index (Phi) is 5.64. The molecule has 0 fully saturated rings. The Labute approximate surface area is 158 Å². The molecule has 0 aliphatic rings. The van der Waals surface area contributed by atoms with Gasteiger partial charge in [0.05, 0.1) is 5.02 Å². The van der Waals surface area contributed by atoms with Crippen LogP contribution in [0, 0.1) is 0 Å². The molecule has 3 rings (SSSR count). The van der Waals surface area contributed by atoms with Crippen LogP contribution in [-0.2, 0) is 6.42 Å². The number of hydrogen-bond acceptors (Lipinski definition) is 2. The second-order valence-corrected chi connectivity index (χ2v) is 6.35. The lowest BCUT2D eigenvalue weighted by molar-refractivity contribution is -0.0498. The number of alkyl halides is 2. The molecule has 136 valence electrons. The summed E-state index contributed by atoms with van der Waals surface area (Å²) in [4.78, 5) is 15.3. The number of rotatable bonds is 6. The number of halogens is 4. The zero-order valence-corrected chi connectivity index (χ0v) is 14.9. The van der Waals surface area contributed by atoms with Gasteiger partial charge in [-0.25, -0.2) is 0 Å². The van der Waals surface area contributed by atoms with E-state index in [0.29, 0.717) is 28.4 Å². The van der Waals surface area contributed by atoms with Crippen molar-refractivity contribution in [2.75, 3.05) is 6.54 Å². The minimum Gasteiger partial charge on any atom is -0.435 e. The number of carbonyl (C=O) groups is 1. The van der Waals surface area contributed by atoms with Gasteiger partial charge in [-0.15, -0.1) is 0 Å². The van der Waals surface area contributed by atoms with Crippen LogP contribution in [0.15, 0.2) is 42.5 Å². The molecular formula is C18H14Cl2F2N2O2. The molecule has 1 aromatic heterocycles.